The first-order chi connectivity index (χ1) is 13.2. The predicted molar refractivity (Wildman–Crippen MR) is 107 cm³/mol. The van der Waals surface area contributed by atoms with Crippen molar-refractivity contribution in [2.75, 3.05) is 14.2 Å². The molecule has 0 aliphatic rings. The van der Waals surface area contributed by atoms with Crippen LogP contribution in [0.15, 0.2) is 53.4 Å². The van der Waals surface area contributed by atoms with E-state index in [1.807, 2.05) is 41.8 Å². The second-order valence-electron chi connectivity index (χ2n) is 5.98. The smallest absolute Gasteiger partial charge is 0.220 e. The molecule has 0 aliphatic carbocycles. The standard InChI is InChI=1S/C21H22N2O3S/c1-25-18-7-5-15(19(12-18)26-2)6-8-20(24)23-13-16-4-3-10-22-21(16)17-9-11-27-14-17/h3-5,7,9-12,14H,6,8,13H2,1-2H3,(H,23,24). The second-order valence-corrected chi connectivity index (χ2v) is 6.76. The zero-order chi connectivity index (χ0) is 19.1. The Morgan fingerprint density at radius 3 is 2.78 bits per heavy atom. The number of carbonyl (C=O) groups is 1. The molecular formula is C21H22N2O3S. The topological polar surface area (TPSA) is 60.5 Å². The van der Waals surface area contributed by atoms with Crippen LogP contribution in [0.25, 0.3) is 11.3 Å². The van der Waals surface area contributed by atoms with Crippen molar-refractivity contribution in [2.24, 2.45) is 0 Å². The number of pyridine rings is 1. The molecule has 6 heteroatoms. The number of aromatic nitrogens is 1. The lowest BCUT2D eigenvalue weighted by Crippen LogP contribution is -2.23. The van der Waals surface area contributed by atoms with Crippen molar-refractivity contribution < 1.29 is 14.3 Å². The number of hydrogen-bond donors (Lipinski definition) is 1. The van der Waals surface area contributed by atoms with Gasteiger partial charge in [0.15, 0.2) is 0 Å². The van der Waals surface area contributed by atoms with E-state index in [1.54, 1.807) is 31.8 Å². The molecule has 0 saturated heterocycles. The Balaban J connectivity index is 1.58. The fourth-order valence-corrected chi connectivity index (χ4v) is 3.47. The third kappa shape index (κ3) is 4.86. The summed E-state index contributed by atoms with van der Waals surface area (Å²) >= 11 is 1.63. The maximum absolute atomic E-state index is 12.3. The van der Waals surface area contributed by atoms with E-state index < -0.39 is 0 Å². The number of aryl methyl sites for hydroxylation is 1. The minimum Gasteiger partial charge on any atom is -0.497 e. The van der Waals surface area contributed by atoms with Crippen molar-refractivity contribution in [1.29, 1.82) is 0 Å². The predicted octanol–water partition coefficient (Wildman–Crippen LogP) is 4.08. The molecule has 0 atom stereocenters. The van der Waals surface area contributed by atoms with Gasteiger partial charge in [0, 0.05) is 36.2 Å². The van der Waals surface area contributed by atoms with Crippen molar-refractivity contribution >= 4 is 17.2 Å². The first kappa shape index (κ1) is 18.9. The van der Waals surface area contributed by atoms with E-state index in [1.165, 1.54) is 0 Å². The summed E-state index contributed by atoms with van der Waals surface area (Å²) < 4.78 is 10.6. The number of carbonyl (C=O) groups excluding carboxylic acids is 1. The molecule has 3 aromatic rings. The van der Waals surface area contributed by atoms with Crippen LogP contribution in [0.1, 0.15) is 17.5 Å². The van der Waals surface area contributed by atoms with Gasteiger partial charge in [0.05, 0.1) is 19.9 Å². The lowest BCUT2D eigenvalue weighted by atomic mass is 10.1. The largest absolute Gasteiger partial charge is 0.497 e. The van der Waals surface area contributed by atoms with Gasteiger partial charge in [-0.2, -0.15) is 11.3 Å². The molecule has 0 bridgehead atoms. The number of nitrogens with one attached hydrogen (secondary N) is 1. The van der Waals surface area contributed by atoms with E-state index in [0.717, 1.165) is 33.9 Å². The van der Waals surface area contributed by atoms with Crippen molar-refractivity contribution in [3.63, 3.8) is 0 Å². The summed E-state index contributed by atoms with van der Waals surface area (Å²) in [5.41, 5.74) is 3.98. The molecule has 0 aliphatic heterocycles. The van der Waals surface area contributed by atoms with Crippen LogP contribution in [0.5, 0.6) is 11.5 Å². The van der Waals surface area contributed by atoms with Crippen LogP contribution in [-0.4, -0.2) is 25.1 Å². The van der Waals surface area contributed by atoms with Crippen molar-refractivity contribution in [3.8, 4) is 22.8 Å². The van der Waals surface area contributed by atoms with Gasteiger partial charge < -0.3 is 14.8 Å². The van der Waals surface area contributed by atoms with Gasteiger partial charge in [-0.3, -0.25) is 9.78 Å². The minimum atomic E-state index is -0.00649. The average Bonchev–Trinajstić information content (AvgIpc) is 3.25. The lowest BCUT2D eigenvalue weighted by Gasteiger charge is -2.11. The average molecular weight is 382 g/mol. The van der Waals surface area contributed by atoms with E-state index in [4.69, 9.17) is 9.47 Å². The molecule has 1 amide bonds. The zero-order valence-electron chi connectivity index (χ0n) is 15.4. The summed E-state index contributed by atoms with van der Waals surface area (Å²) in [4.78, 5) is 16.8. The van der Waals surface area contributed by atoms with Crippen LogP contribution in [0.4, 0.5) is 0 Å². The summed E-state index contributed by atoms with van der Waals surface area (Å²) in [5.74, 6) is 1.46. The molecule has 0 radical (unpaired) electrons. The summed E-state index contributed by atoms with van der Waals surface area (Å²) in [6.45, 7) is 0.456. The number of amides is 1. The van der Waals surface area contributed by atoms with E-state index in [2.05, 4.69) is 15.7 Å². The maximum Gasteiger partial charge on any atom is 0.220 e. The fourth-order valence-electron chi connectivity index (χ4n) is 2.83. The number of benzene rings is 1. The molecule has 140 valence electrons. The molecule has 5 nitrogen and oxygen atoms in total. The van der Waals surface area contributed by atoms with Gasteiger partial charge in [-0.25, -0.2) is 0 Å². The number of nitrogens with zero attached hydrogens (tertiary/aromatic N) is 1. The maximum atomic E-state index is 12.3. The van der Waals surface area contributed by atoms with Crippen LogP contribution in [0.3, 0.4) is 0 Å². The number of ether oxygens (including phenoxy) is 2. The van der Waals surface area contributed by atoms with Gasteiger partial charge in [-0.05, 0) is 41.1 Å². The number of rotatable bonds is 8. The van der Waals surface area contributed by atoms with Gasteiger partial charge in [-0.15, -0.1) is 0 Å². The molecule has 27 heavy (non-hydrogen) atoms. The van der Waals surface area contributed by atoms with Crippen LogP contribution < -0.4 is 14.8 Å². The molecule has 1 aromatic carbocycles. The normalized spacial score (nSPS) is 10.4. The van der Waals surface area contributed by atoms with Crippen LogP contribution in [0.2, 0.25) is 0 Å². The van der Waals surface area contributed by atoms with Gasteiger partial charge in [-0.1, -0.05) is 12.1 Å². The Morgan fingerprint density at radius 1 is 1.15 bits per heavy atom. The van der Waals surface area contributed by atoms with Gasteiger partial charge in [0.2, 0.25) is 5.91 Å². The summed E-state index contributed by atoms with van der Waals surface area (Å²) in [7, 11) is 3.23. The lowest BCUT2D eigenvalue weighted by molar-refractivity contribution is -0.121. The summed E-state index contributed by atoms with van der Waals surface area (Å²) in [5, 5.41) is 7.07. The Bertz CT molecular complexity index is 894. The Hall–Kier alpha value is -2.86. The molecule has 3 rings (SSSR count). The Morgan fingerprint density at radius 2 is 2.04 bits per heavy atom. The molecule has 0 unspecified atom stereocenters. The first-order valence-corrected chi connectivity index (χ1v) is 9.59. The monoisotopic (exact) mass is 382 g/mol. The molecule has 2 heterocycles. The third-order valence-electron chi connectivity index (χ3n) is 4.28. The van der Waals surface area contributed by atoms with E-state index in [0.29, 0.717) is 19.4 Å². The first-order valence-electron chi connectivity index (χ1n) is 8.65. The summed E-state index contributed by atoms with van der Waals surface area (Å²) in [6.07, 6.45) is 2.76. The second kappa shape index (κ2) is 9.19. The number of methoxy groups -OCH3 is 2. The fraction of sp³-hybridized carbons (Fsp3) is 0.238. The quantitative estimate of drug-likeness (QED) is 0.638. The highest BCUT2D eigenvalue weighted by atomic mass is 32.1. The molecule has 0 saturated carbocycles. The van der Waals surface area contributed by atoms with E-state index in [9.17, 15) is 4.79 Å². The highest BCUT2D eigenvalue weighted by molar-refractivity contribution is 7.08. The summed E-state index contributed by atoms with van der Waals surface area (Å²) in [6, 6.07) is 11.6. The van der Waals surface area contributed by atoms with Crippen molar-refractivity contribution in [3.05, 3.63) is 64.5 Å². The van der Waals surface area contributed by atoms with Crippen molar-refractivity contribution in [2.45, 2.75) is 19.4 Å². The number of thiophene rings is 1. The van der Waals surface area contributed by atoms with Crippen molar-refractivity contribution in [1.82, 2.24) is 10.3 Å². The molecule has 0 spiro atoms. The molecule has 2 aromatic heterocycles. The Labute approximate surface area is 163 Å². The van der Waals surface area contributed by atoms with Crippen LogP contribution in [0, 0.1) is 0 Å². The van der Waals surface area contributed by atoms with Gasteiger partial charge >= 0.3 is 0 Å². The van der Waals surface area contributed by atoms with Gasteiger partial charge in [0.25, 0.3) is 0 Å². The zero-order valence-corrected chi connectivity index (χ0v) is 16.2. The Kier molecular flexibility index (Phi) is 6.44. The molecule has 1 N–H and O–H groups in total. The van der Waals surface area contributed by atoms with Gasteiger partial charge in [0.1, 0.15) is 11.5 Å². The SMILES string of the molecule is COc1ccc(CCC(=O)NCc2cccnc2-c2ccsc2)c(OC)c1. The highest BCUT2D eigenvalue weighted by Gasteiger charge is 2.10. The minimum absolute atomic E-state index is 0.00649. The third-order valence-corrected chi connectivity index (χ3v) is 4.96. The van der Waals surface area contributed by atoms with Crippen LogP contribution >= 0.6 is 11.3 Å². The highest BCUT2D eigenvalue weighted by Crippen LogP contribution is 2.26. The molecule has 0 fully saturated rings. The van der Waals surface area contributed by atoms with E-state index in [-0.39, 0.29) is 5.91 Å². The van der Waals surface area contributed by atoms with Crippen LogP contribution in [-0.2, 0) is 17.8 Å². The number of hydrogen-bond acceptors (Lipinski definition) is 5. The molecular weight excluding hydrogens is 360 g/mol. The van der Waals surface area contributed by atoms with E-state index >= 15 is 0 Å².